The lowest BCUT2D eigenvalue weighted by atomic mass is 9.78. The lowest BCUT2D eigenvalue weighted by Crippen LogP contribution is -2.50. The van der Waals surface area contributed by atoms with E-state index in [0.717, 1.165) is 30.7 Å². The second kappa shape index (κ2) is 8.88. The Labute approximate surface area is 155 Å². The fourth-order valence-corrected chi connectivity index (χ4v) is 4.11. The van der Waals surface area contributed by atoms with Crippen molar-refractivity contribution in [2.45, 2.75) is 44.6 Å². The third-order valence-corrected chi connectivity index (χ3v) is 5.41. The number of amides is 1. The first-order valence-electron chi connectivity index (χ1n) is 9.46. The zero-order chi connectivity index (χ0) is 18.4. The summed E-state index contributed by atoms with van der Waals surface area (Å²) in [4.78, 5) is 26.4. The standard InChI is InChI=1S/C21H27NO4/c1-25-18-9-4-6-16(14-18)11-12-21(24)26-15-20(23)22-13-5-8-17-7-2-3-10-19(17)22/h4,6,9,11-12,14,17,19H,2-3,5,7-8,10,13,15H2,1H3/b12-11+/t17-,19-/m1/s1. The minimum absolute atomic E-state index is 0.0651. The Morgan fingerprint density at radius 2 is 2.00 bits per heavy atom. The van der Waals surface area contributed by atoms with Gasteiger partial charge < -0.3 is 14.4 Å². The van der Waals surface area contributed by atoms with Crippen LogP contribution in [0.5, 0.6) is 5.75 Å². The van der Waals surface area contributed by atoms with Crippen LogP contribution in [0.2, 0.25) is 0 Å². The van der Waals surface area contributed by atoms with Crippen molar-refractivity contribution in [2.24, 2.45) is 5.92 Å². The molecule has 1 aromatic carbocycles. The van der Waals surface area contributed by atoms with E-state index in [-0.39, 0.29) is 12.5 Å². The van der Waals surface area contributed by atoms with Gasteiger partial charge in [0.15, 0.2) is 6.61 Å². The van der Waals surface area contributed by atoms with Gasteiger partial charge in [0, 0.05) is 18.7 Å². The first-order chi connectivity index (χ1) is 12.7. The maximum absolute atomic E-state index is 12.5. The second-order valence-corrected chi connectivity index (χ2v) is 7.06. The molecule has 1 aliphatic heterocycles. The van der Waals surface area contributed by atoms with Crippen molar-refractivity contribution in [3.63, 3.8) is 0 Å². The molecule has 2 aliphatic rings. The van der Waals surface area contributed by atoms with Crippen molar-refractivity contribution in [3.8, 4) is 5.75 Å². The first kappa shape index (κ1) is 18.5. The predicted molar refractivity (Wildman–Crippen MR) is 99.7 cm³/mol. The molecule has 0 radical (unpaired) electrons. The smallest absolute Gasteiger partial charge is 0.331 e. The van der Waals surface area contributed by atoms with Gasteiger partial charge in [-0.25, -0.2) is 4.79 Å². The number of rotatable bonds is 5. The Balaban J connectivity index is 1.50. The number of benzene rings is 1. The van der Waals surface area contributed by atoms with Gasteiger partial charge in [0.05, 0.1) is 7.11 Å². The molecule has 1 saturated heterocycles. The Hall–Kier alpha value is -2.30. The van der Waals surface area contributed by atoms with E-state index in [1.54, 1.807) is 13.2 Å². The summed E-state index contributed by atoms with van der Waals surface area (Å²) in [5.74, 6) is 0.788. The number of piperidine rings is 1. The van der Waals surface area contributed by atoms with Crippen LogP contribution in [0.25, 0.3) is 6.08 Å². The van der Waals surface area contributed by atoms with E-state index in [9.17, 15) is 9.59 Å². The molecular weight excluding hydrogens is 330 g/mol. The monoisotopic (exact) mass is 357 g/mol. The van der Waals surface area contributed by atoms with E-state index in [0.29, 0.717) is 12.0 Å². The van der Waals surface area contributed by atoms with Gasteiger partial charge in [-0.3, -0.25) is 4.79 Å². The molecular formula is C21H27NO4. The van der Waals surface area contributed by atoms with Crippen LogP contribution in [0.3, 0.4) is 0 Å². The molecule has 0 aromatic heterocycles. The van der Waals surface area contributed by atoms with Crippen molar-refractivity contribution in [1.29, 1.82) is 0 Å². The molecule has 0 spiro atoms. The van der Waals surface area contributed by atoms with Crippen LogP contribution in [-0.4, -0.2) is 43.1 Å². The molecule has 3 rings (SSSR count). The highest BCUT2D eigenvalue weighted by Crippen LogP contribution is 2.35. The minimum atomic E-state index is -0.502. The van der Waals surface area contributed by atoms with Crippen LogP contribution < -0.4 is 4.74 Å². The van der Waals surface area contributed by atoms with E-state index in [2.05, 4.69) is 0 Å². The average Bonchev–Trinajstić information content (AvgIpc) is 2.70. The number of hydrogen-bond donors (Lipinski definition) is 0. The van der Waals surface area contributed by atoms with E-state index in [1.165, 1.54) is 31.8 Å². The summed E-state index contributed by atoms with van der Waals surface area (Å²) in [5.41, 5.74) is 0.841. The van der Waals surface area contributed by atoms with Crippen molar-refractivity contribution in [2.75, 3.05) is 20.3 Å². The lowest BCUT2D eigenvalue weighted by molar-refractivity contribution is -0.151. The van der Waals surface area contributed by atoms with Crippen molar-refractivity contribution in [3.05, 3.63) is 35.9 Å². The van der Waals surface area contributed by atoms with E-state index in [4.69, 9.17) is 9.47 Å². The summed E-state index contributed by atoms with van der Waals surface area (Å²) in [7, 11) is 1.60. The zero-order valence-corrected chi connectivity index (χ0v) is 15.4. The van der Waals surface area contributed by atoms with Crippen LogP contribution in [0.1, 0.15) is 44.1 Å². The largest absolute Gasteiger partial charge is 0.497 e. The summed E-state index contributed by atoms with van der Waals surface area (Å²) in [6.07, 6.45) is 10.0. The van der Waals surface area contributed by atoms with Crippen LogP contribution in [-0.2, 0) is 14.3 Å². The summed E-state index contributed by atoms with van der Waals surface area (Å²) in [6.45, 7) is 0.613. The summed E-state index contributed by atoms with van der Waals surface area (Å²) >= 11 is 0. The summed E-state index contributed by atoms with van der Waals surface area (Å²) in [5, 5.41) is 0. The Morgan fingerprint density at radius 3 is 2.85 bits per heavy atom. The van der Waals surface area contributed by atoms with Crippen LogP contribution in [0.4, 0.5) is 0 Å². The molecule has 2 atom stereocenters. The Kier molecular flexibility index (Phi) is 6.31. The van der Waals surface area contributed by atoms with E-state index in [1.807, 2.05) is 29.2 Å². The predicted octanol–water partition coefficient (Wildman–Crippen LogP) is 3.43. The highest BCUT2D eigenvalue weighted by molar-refractivity contribution is 5.89. The molecule has 26 heavy (non-hydrogen) atoms. The Bertz CT molecular complexity index is 668. The first-order valence-corrected chi connectivity index (χ1v) is 9.46. The molecule has 1 heterocycles. The molecule has 2 fully saturated rings. The molecule has 1 aliphatic carbocycles. The number of hydrogen-bond acceptors (Lipinski definition) is 4. The fraction of sp³-hybridized carbons (Fsp3) is 0.524. The zero-order valence-electron chi connectivity index (χ0n) is 15.4. The molecule has 0 unspecified atom stereocenters. The molecule has 0 bridgehead atoms. The van der Waals surface area contributed by atoms with Gasteiger partial charge in [0.25, 0.3) is 5.91 Å². The molecule has 1 saturated carbocycles. The topological polar surface area (TPSA) is 55.8 Å². The van der Waals surface area contributed by atoms with E-state index < -0.39 is 5.97 Å². The third kappa shape index (κ3) is 4.65. The normalized spacial score (nSPS) is 22.7. The highest BCUT2D eigenvalue weighted by Gasteiger charge is 2.35. The van der Waals surface area contributed by atoms with Gasteiger partial charge in [-0.05, 0) is 55.4 Å². The number of fused-ring (bicyclic) bond motifs is 1. The van der Waals surface area contributed by atoms with Crippen molar-refractivity contribution >= 4 is 18.0 Å². The molecule has 1 aromatic rings. The number of methoxy groups -OCH3 is 1. The van der Waals surface area contributed by atoms with Gasteiger partial charge in [-0.1, -0.05) is 25.0 Å². The minimum Gasteiger partial charge on any atom is -0.497 e. The summed E-state index contributed by atoms with van der Waals surface area (Å²) in [6, 6.07) is 7.73. The van der Waals surface area contributed by atoms with Gasteiger partial charge >= 0.3 is 5.97 Å². The lowest BCUT2D eigenvalue weighted by Gasteiger charge is -2.44. The molecule has 140 valence electrons. The maximum atomic E-state index is 12.5. The Morgan fingerprint density at radius 1 is 1.19 bits per heavy atom. The number of nitrogens with zero attached hydrogens (tertiary/aromatic N) is 1. The van der Waals surface area contributed by atoms with Gasteiger partial charge in [-0.2, -0.15) is 0 Å². The number of likely N-dealkylation sites (tertiary alicyclic amines) is 1. The number of carbonyl (C=O) groups is 2. The van der Waals surface area contributed by atoms with Gasteiger partial charge in [0.2, 0.25) is 0 Å². The highest BCUT2D eigenvalue weighted by atomic mass is 16.5. The van der Waals surface area contributed by atoms with Crippen molar-refractivity contribution < 1.29 is 19.1 Å². The maximum Gasteiger partial charge on any atom is 0.331 e. The van der Waals surface area contributed by atoms with Crippen LogP contribution in [0.15, 0.2) is 30.3 Å². The third-order valence-electron chi connectivity index (χ3n) is 5.41. The number of esters is 1. The second-order valence-electron chi connectivity index (χ2n) is 7.06. The summed E-state index contributed by atoms with van der Waals surface area (Å²) < 4.78 is 10.3. The number of carbonyl (C=O) groups excluding carboxylic acids is 2. The van der Waals surface area contributed by atoms with Crippen LogP contribution in [0, 0.1) is 5.92 Å². The van der Waals surface area contributed by atoms with Crippen molar-refractivity contribution in [1.82, 2.24) is 4.90 Å². The molecule has 1 amide bonds. The molecule has 0 N–H and O–H groups in total. The molecule has 5 nitrogen and oxygen atoms in total. The number of ether oxygens (including phenoxy) is 2. The van der Waals surface area contributed by atoms with Gasteiger partial charge in [0.1, 0.15) is 5.75 Å². The quantitative estimate of drug-likeness (QED) is 0.598. The molecule has 5 heteroatoms. The SMILES string of the molecule is COc1cccc(/C=C/C(=O)OCC(=O)N2CCC[C@H]3CCCC[C@H]32)c1. The van der Waals surface area contributed by atoms with Crippen LogP contribution >= 0.6 is 0 Å². The fourth-order valence-electron chi connectivity index (χ4n) is 4.11. The van der Waals surface area contributed by atoms with E-state index >= 15 is 0 Å². The van der Waals surface area contributed by atoms with Gasteiger partial charge in [-0.15, -0.1) is 0 Å². The average molecular weight is 357 g/mol.